The van der Waals surface area contributed by atoms with Crippen LogP contribution in [0.3, 0.4) is 0 Å². The van der Waals surface area contributed by atoms with E-state index in [9.17, 15) is 9.59 Å². The van der Waals surface area contributed by atoms with Crippen molar-refractivity contribution >= 4 is 11.8 Å². The van der Waals surface area contributed by atoms with Crippen molar-refractivity contribution in [2.75, 3.05) is 6.54 Å². The monoisotopic (exact) mass is 244 g/mol. The van der Waals surface area contributed by atoms with Gasteiger partial charge in [0.2, 0.25) is 11.8 Å². The maximum Gasteiger partial charge on any atom is 0.224 e. The molecule has 1 saturated heterocycles. The van der Waals surface area contributed by atoms with Crippen LogP contribution in [0.25, 0.3) is 10.4 Å². The average Bonchev–Trinajstić information content (AvgIpc) is 2.73. The zero-order valence-corrected chi connectivity index (χ0v) is 9.69. The van der Waals surface area contributed by atoms with Gasteiger partial charge in [0, 0.05) is 24.4 Å². The minimum Gasteiger partial charge on any atom is -0.338 e. The van der Waals surface area contributed by atoms with Gasteiger partial charge in [0.05, 0.1) is 5.92 Å². The number of amides is 2. The SMILES string of the molecule is [N-]=[N+]=NC(=O)C1CC(=O)N(Cc2ccccc2)C1. The van der Waals surface area contributed by atoms with Crippen LogP contribution in [-0.4, -0.2) is 23.3 Å². The highest BCUT2D eigenvalue weighted by Gasteiger charge is 2.33. The maximum atomic E-state index is 11.7. The number of carbonyl (C=O) groups is 2. The molecule has 1 aliphatic rings. The first-order chi connectivity index (χ1) is 8.70. The van der Waals surface area contributed by atoms with E-state index in [0.29, 0.717) is 13.1 Å². The molecule has 1 aromatic carbocycles. The summed E-state index contributed by atoms with van der Waals surface area (Å²) in [6.07, 6.45) is 0.130. The smallest absolute Gasteiger partial charge is 0.224 e. The Balaban J connectivity index is 2.02. The van der Waals surface area contributed by atoms with Crippen molar-refractivity contribution in [1.29, 1.82) is 0 Å². The Morgan fingerprint density at radius 1 is 1.44 bits per heavy atom. The van der Waals surface area contributed by atoms with E-state index < -0.39 is 11.8 Å². The quantitative estimate of drug-likeness (QED) is 0.461. The standard InChI is InChI=1S/C12H12N4O2/c13-15-14-12(18)10-6-11(17)16(8-10)7-9-4-2-1-3-5-9/h1-5,10H,6-8H2. The molecule has 0 bridgehead atoms. The Morgan fingerprint density at radius 2 is 2.17 bits per heavy atom. The van der Waals surface area contributed by atoms with Gasteiger partial charge in [0.1, 0.15) is 0 Å². The van der Waals surface area contributed by atoms with Gasteiger partial charge in [-0.3, -0.25) is 9.59 Å². The van der Waals surface area contributed by atoms with Crippen LogP contribution in [0, 0.1) is 5.92 Å². The van der Waals surface area contributed by atoms with Gasteiger partial charge in [-0.15, -0.1) is 0 Å². The summed E-state index contributed by atoms with van der Waals surface area (Å²) in [4.78, 5) is 27.2. The van der Waals surface area contributed by atoms with Crippen molar-refractivity contribution in [3.8, 4) is 0 Å². The summed E-state index contributed by atoms with van der Waals surface area (Å²) in [5.41, 5.74) is 9.22. The van der Waals surface area contributed by atoms with Crippen LogP contribution < -0.4 is 0 Å². The van der Waals surface area contributed by atoms with Crippen molar-refractivity contribution in [2.24, 2.45) is 11.0 Å². The topological polar surface area (TPSA) is 86.1 Å². The minimum atomic E-state index is -0.554. The number of rotatable bonds is 3. The molecule has 0 spiro atoms. The van der Waals surface area contributed by atoms with E-state index in [-0.39, 0.29) is 12.3 Å². The summed E-state index contributed by atoms with van der Waals surface area (Å²) >= 11 is 0. The summed E-state index contributed by atoms with van der Waals surface area (Å²) in [6.45, 7) is 0.811. The van der Waals surface area contributed by atoms with Gasteiger partial charge >= 0.3 is 0 Å². The second-order valence-corrected chi connectivity index (χ2v) is 4.19. The summed E-state index contributed by atoms with van der Waals surface area (Å²) in [6, 6.07) is 9.56. The Kier molecular flexibility index (Phi) is 3.60. The molecule has 1 heterocycles. The molecule has 92 valence electrons. The van der Waals surface area contributed by atoms with Gasteiger partial charge in [-0.05, 0) is 16.2 Å². The Hall–Kier alpha value is -2.33. The predicted molar refractivity (Wildman–Crippen MR) is 64.1 cm³/mol. The molecule has 6 heteroatoms. The zero-order valence-electron chi connectivity index (χ0n) is 9.69. The molecule has 0 aromatic heterocycles. The fourth-order valence-corrected chi connectivity index (χ4v) is 2.02. The van der Waals surface area contributed by atoms with Crippen LogP contribution >= 0.6 is 0 Å². The summed E-state index contributed by atoms with van der Waals surface area (Å²) in [5, 5.41) is 3.05. The Labute approximate surface area is 104 Å². The highest BCUT2D eigenvalue weighted by Crippen LogP contribution is 2.21. The first-order valence-corrected chi connectivity index (χ1v) is 5.61. The van der Waals surface area contributed by atoms with Crippen LogP contribution in [0.4, 0.5) is 0 Å². The van der Waals surface area contributed by atoms with Crippen molar-refractivity contribution in [3.05, 3.63) is 46.3 Å². The lowest BCUT2D eigenvalue weighted by molar-refractivity contribution is -0.128. The molecule has 1 aromatic rings. The van der Waals surface area contributed by atoms with Crippen molar-refractivity contribution < 1.29 is 9.59 Å². The molecular weight excluding hydrogens is 232 g/mol. The number of hydrogen-bond acceptors (Lipinski definition) is 2. The van der Waals surface area contributed by atoms with E-state index in [0.717, 1.165) is 5.56 Å². The van der Waals surface area contributed by atoms with Gasteiger partial charge in [-0.25, -0.2) is 0 Å². The number of carbonyl (C=O) groups excluding carboxylic acids is 2. The third-order valence-electron chi connectivity index (χ3n) is 2.92. The normalized spacial score (nSPS) is 18.6. The number of azide groups is 1. The number of hydrogen-bond donors (Lipinski definition) is 0. The Morgan fingerprint density at radius 3 is 2.83 bits per heavy atom. The molecule has 1 fully saturated rings. The van der Waals surface area contributed by atoms with Crippen LogP contribution in [-0.2, 0) is 16.1 Å². The Bertz CT molecular complexity index is 508. The fraction of sp³-hybridized carbons (Fsp3) is 0.333. The molecule has 0 radical (unpaired) electrons. The zero-order chi connectivity index (χ0) is 13.0. The highest BCUT2D eigenvalue weighted by molar-refractivity contribution is 5.89. The van der Waals surface area contributed by atoms with Gasteiger partial charge in [-0.1, -0.05) is 30.3 Å². The minimum absolute atomic E-state index is 0.0784. The molecule has 1 atom stereocenters. The van der Waals surface area contributed by atoms with E-state index in [2.05, 4.69) is 10.0 Å². The van der Waals surface area contributed by atoms with E-state index in [1.54, 1.807) is 4.90 Å². The first-order valence-electron chi connectivity index (χ1n) is 5.61. The largest absolute Gasteiger partial charge is 0.338 e. The third-order valence-corrected chi connectivity index (χ3v) is 2.92. The van der Waals surface area contributed by atoms with Crippen molar-refractivity contribution in [1.82, 2.24) is 4.90 Å². The molecule has 18 heavy (non-hydrogen) atoms. The second kappa shape index (κ2) is 5.33. The molecule has 2 rings (SSSR count). The van der Waals surface area contributed by atoms with Crippen LogP contribution in [0.5, 0.6) is 0 Å². The molecule has 1 unspecified atom stereocenters. The lowest BCUT2D eigenvalue weighted by Crippen LogP contribution is -2.25. The van der Waals surface area contributed by atoms with E-state index in [4.69, 9.17) is 5.53 Å². The summed E-state index contributed by atoms with van der Waals surface area (Å²) in [7, 11) is 0. The molecule has 6 nitrogen and oxygen atoms in total. The van der Waals surface area contributed by atoms with Gasteiger partial charge in [0.15, 0.2) is 0 Å². The number of benzene rings is 1. The lowest BCUT2D eigenvalue weighted by atomic mass is 10.1. The molecule has 0 aliphatic carbocycles. The third kappa shape index (κ3) is 2.67. The molecule has 2 amide bonds. The molecule has 1 aliphatic heterocycles. The van der Waals surface area contributed by atoms with E-state index >= 15 is 0 Å². The first kappa shape index (κ1) is 12.1. The number of likely N-dealkylation sites (tertiary alicyclic amines) is 1. The molecular formula is C12H12N4O2. The van der Waals surface area contributed by atoms with Crippen LogP contribution in [0.2, 0.25) is 0 Å². The van der Waals surface area contributed by atoms with Crippen LogP contribution in [0.15, 0.2) is 35.4 Å². The fourth-order valence-electron chi connectivity index (χ4n) is 2.02. The summed E-state index contributed by atoms with van der Waals surface area (Å²) in [5.74, 6) is -1.14. The highest BCUT2D eigenvalue weighted by atomic mass is 16.2. The van der Waals surface area contributed by atoms with Gasteiger partial charge in [-0.2, -0.15) is 0 Å². The summed E-state index contributed by atoms with van der Waals surface area (Å²) < 4.78 is 0. The van der Waals surface area contributed by atoms with E-state index in [1.165, 1.54) is 0 Å². The van der Waals surface area contributed by atoms with Crippen molar-refractivity contribution in [3.63, 3.8) is 0 Å². The number of nitrogens with zero attached hydrogens (tertiary/aromatic N) is 4. The molecule has 0 saturated carbocycles. The second-order valence-electron chi connectivity index (χ2n) is 4.19. The van der Waals surface area contributed by atoms with Gasteiger partial charge < -0.3 is 4.90 Å². The maximum absolute atomic E-state index is 11.7. The predicted octanol–water partition coefficient (Wildman–Crippen LogP) is 1.87. The van der Waals surface area contributed by atoms with E-state index in [1.807, 2.05) is 30.3 Å². The molecule has 0 N–H and O–H groups in total. The van der Waals surface area contributed by atoms with Gasteiger partial charge in [0.25, 0.3) is 0 Å². The lowest BCUT2D eigenvalue weighted by Gasteiger charge is -2.15. The average molecular weight is 244 g/mol. The van der Waals surface area contributed by atoms with Crippen LogP contribution in [0.1, 0.15) is 12.0 Å². The van der Waals surface area contributed by atoms with Crippen molar-refractivity contribution in [2.45, 2.75) is 13.0 Å².